The molecule has 0 bridgehead atoms. The third kappa shape index (κ3) is 3.53. The van der Waals surface area contributed by atoms with E-state index in [4.69, 9.17) is 10.3 Å². The minimum atomic E-state index is -0.488. The highest BCUT2D eigenvalue weighted by atomic mass is 16.6. The molecule has 0 aromatic carbocycles. The second-order valence-electron chi connectivity index (χ2n) is 6.44. The van der Waals surface area contributed by atoms with Crippen molar-refractivity contribution in [2.24, 2.45) is 17.0 Å². The summed E-state index contributed by atoms with van der Waals surface area (Å²) in [6, 6.07) is 0.0123. The molecule has 1 amide bonds. The molecule has 6 heteroatoms. The van der Waals surface area contributed by atoms with Crippen LogP contribution in [0.2, 0.25) is 0 Å². The zero-order chi connectivity index (χ0) is 14.0. The molecule has 19 heavy (non-hydrogen) atoms. The maximum absolute atomic E-state index is 12.2. The molecule has 0 aromatic heterocycles. The SMILES string of the molecule is CC(C)(C)OC(=O)N1CCC(C2CC2)C1CN=[N+]=[N-]. The Morgan fingerprint density at radius 3 is 2.63 bits per heavy atom. The average Bonchev–Trinajstić information content (AvgIpc) is 3.04. The van der Waals surface area contributed by atoms with Crippen LogP contribution >= 0.6 is 0 Å². The summed E-state index contributed by atoms with van der Waals surface area (Å²) in [6.45, 7) is 6.66. The average molecular weight is 266 g/mol. The maximum atomic E-state index is 12.2. The lowest BCUT2D eigenvalue weighted by atomic mass is 9.95. The van der Waals surface area contributed by atoms with Crippen molar-refractivity contribution >= 4 is 6.09 Å². The summed E-state index contributed by atoms with van der Waals surface area (Å²) in [5, 5.41) is 3.67. The fraction of sp³-hybridized carbons (Fsp3) is 0.923. The molecule has 1 saturated heterocycles. The quantitative estimate of drug-likeness (QED) is 0.446. The van der Waals surface area contributed by atoms with Crippen molar-refractivity contribution in [2.45, 2.75) is 51.7 Å². The molecular formula is C13H22N4O2. The largest absolute Gasteiger partial charge is 0.444 e. The first-order chi connectivity index (χ1) is 8.92. The number of likely N-dealkylation sites (tertiary alicyclic amines) is 1. The highest BCUT2D eigenvalue weighted by Crippen LogP contribution is 2.44. The number of carbonyl (C=O) groups is 1. The highest BCUT2D eigenvalue weighted by Gasteiger charge is 2.45. The van der Waals surface area contributed by atoms with Crippen molar-refractivity contribution in [1.82, 2.24) is 4.90 Å². The van der Waals surface area contributed by atoms with Gasteiger partial charge in [-0.05, 0) is 57.4 Å². The fourth-order valence-corrected chi connectivity index (χ4v) is 2.85. The molecule has 106 valence electrons. The summed E-state index contributed by atoms with van der Waals surface area (Å²) in [6.07, 6.45) is 3.18. The summed E-state index contributed by atoms with van der Waals surface area (Å²) in [4.78, 5) is 16.8. The minimum Gasteiger partial charge on any atom is -0.444 e. The zero-order valence-electron chi connectivity index (χ0n) is 11.9. The maximum Gasteiger partial charge on any atom is 0.410 e. The van der Waals surface area contributed by atoms with Gasteiger partial charge < -0.3 is 9.64 Å². The van der Waals surface area contributed by atoms with Gasteiger partial charge in [0.2, 0.25) is 0 Å². The summed E-state index contributed by atoms with van der Waals surface area (Å²) in [5.41, 5.74) is 8.01. The summed E-state index contributed by atoms with van der Waals surface area (Å²) >= 11 is 0. The van der Waals surface area contributed by atoms with Gasteiger partial charge in [0, 0.05) is 24.0 Å². The number of rotatable bonds is 3. The lowest BCUT2D eigenvalue weighted by molar-refractivity contribution is 0.0211. The second-order valence-corrected chi connectivity index (χ2v) is 6.44. The first-order valence-corrected chi connectivity index (χ1v) is 6.93. The van der Waals surface area contributed by atoms with Crippen molar-refractivity contribution in [3.8, 4) is 0 Å². The van der Waals surface area contributed by atoms with Crippen LogP contribution in [0.1, 0.15) is 40.0 Å². The van der Waals surface area contributed by atoms with E-state index in [-0.39, 0.29) is 12.1 Å². The van der Waals surface area contributed by atoms with E-state index in [1.807, 2.05) is 20.8 Å². The Bertz CT molecular complexity index is 394. The zero-order valence-corrected chi connectivity index (χ0v) is 11.9. The molecule has 2 atom stereocenters. The smallest absolute Gasteiger partial charge is 0.410 e. The topological polar surface area (TPSA) is 78.3 Å². The number of carbonyl (C=O) groups excluding carboxylic acids is 1. The molecule has 0 N–H and O–H groups in total. The molecule has 2 aliphatic rings. The molecule has 2 unspecified atom stereocenters. The van der Waals surface area contributed by atoms with Crippen LogP contribution in [0.3, 0.4) is 0 Å². The molecule has 1 aliphatic carbocycles. The van der Waals surface area contributed by atoms with Gasteiger partial charge in [0.1, 0.15) is 5.60 Å². The van der Waals surface area contributed by atoms with E-state index in [0.29, 0.717) is 24.9 Å². The van der Waals surface area contributed by atoms with Crippen LogP contribution in [-0.4, -0.2) is 35.7 Å². The molecule has 1 aliphatic heterocycles. The van der Waals surface area contributed by atoms with Gasteiger partial charge in [0.25, 0.3) is 0 Å². The predicted octanol–water partition coefficient (Wildman–Crippen LogP) is 3.33. The Labute approximate surface area is 113 Å². The number of hydrogen-bond donors (Lipinski definition) is 0. The van der Waals surface area contributed by atoms with E-state index >= 15 is 0 Å². The van der Waals surface area contributed by atoms with Gasteiger partial charge in [-0.1, -0.05) is 5.11 Å². The second kappa shape index (κ2) is 5.29. The normalized spacial score (nSPS) is 27.0. The van der Waals surface area contributed by atoms with Crippen molar-refractivity contribution in [1.29, 1.82) is 0 Å². The monoisotopic (exact) mass is 266 g/mol. The summed E-state index contributed by atoms with van der Waals surface area (Å²) in [7, 11) is 0. The van der Waals surface area contributed by atoms with Gasteiger partial charge >= 0.3 is 6.09 Å². The van der Waals surface area contributed by atoms with E-state index in [0.717, 1.165) is 6.42 Å². The van der Waals surface area contributed by atoms with E-state index in [9.17, 15) is 4.79 Å². The van der Waals surface area contributed by atoms with Crippen molar-refractivity contribution < 1.29 is 9.53 Å². The summed E-state index contributed by atoms with van der Waals surface area (Å²) < 4.78 is 5.43. The van der Waals surface area contributed by atoms with Gasteiger partial charge in [0.15, 0.2) is 0 Å². The highest BCUT2D eigenvalue weighted by molar-refractivity contribution is 5.69. The minimum absolute atomic E-state index is 0.0123. The Morgan fingerprint density at radius 2 is 2.11 bits per heavy atom. The Hall–Kier alpha value is -1.42. The number of nitrogens with zero attached hydrogens (tertiary/aromatic N) is 4. The molecule has 1 heterocycles. The lowest BCUT2D eigenvalue weighted by Crippen LogP contribution is -2.43. The molecule has 6 nitrogen and oxygen atoms in total. The molecule has 1 saturated carbocycles. The van der Waals surface area contributed by atoms with Crippen LogP contribution in [-0.2, 0) is 4.74 Å². The van der Waals surface area contributed by atoms with E-state index in [2.05, 4.69) is 10.0 Å². The first-order valence-electron chi connectivity index (χ1n) is 6.93. The van der Waals surface area contributed by atoms with Crippen LogP contribution in [0.4, 0.5) is 4.79 Å². The Balaban J connectivity index is 2.05. The van der Waals surface area contributed by atoms with Crippen molar-refractivity contribution in [3.05, 3.63) is 10.4 Å². The van der Waals surface area contributed by atoms with E-state index < -0.39 is 5.60 Å². The van der Waals surface area contributed by atoms with Crippen LogP contribution in [0, 0.1) is 11.8 Å². The first kappa shape index (κ1) is 14.0. The molecule has 0 radical (unpaired) electrons. The van der Waals surface area contributed by atoms with Gasteiger partial charge in [-0.3, -0.25) is 0 Å². The number of azide groups is 1. The molecule has 0 aromatic rings. The van der Waals surface area contributed by atoms with E-state index in [1.54, 1.807) is 4.90 Å². The van der Waals surface area contributed by atoms with Crippen LogP contribution in [0.25, 0.3) is 10.4 Å². The van der Waals surface area contributed by atoms with Gasteiger partial charge in [-0.25, -0.2) is 4.79 Å². The van der Waals surface area contributed by atoms with Gasteiger partial charge in [0.05, 0.1) is 0 Å². The molecule has 2 rings (SSSR count). The van der Waals surface area contributed by atoms with Crippen LogP contribution in [0.15, 0.2) is 5.11 Å². The van der Waals surface area contributed by atoms with Gasteiger partial charge in [-0.15, -0.1) is 0 Å². The lowest BCUT2D eigenvalue weighted by Gasteiger charge is -2.30. The van der Waals surface area contributed by atoms with Crippen molar-refractivity contribution in [2.75, 3.05) is 13.1 Å². The predicted molar refractivity (Wildman–Crippen MR) is 71.6 cm³/mol. The third-order valence-corrected chi connectivity index (χ3v) is 3.79. The Morgan fingerprint density at radius 1 is 1.42 bits per heavy atom. The summed E-state index contributed by atoms with van der Waals surface area (Å²) in [5.74, 6) is 1.17. The molecule has 0 spiro atoms. The van der Waals surface area contributed by atoms with Crippen LogP contribution < -0.4 is 0 Å². The fourth-order valence-electron chi connectivity index (χ4n) is 2.85. The number of hydrogen-bond acceptors (Lipinski definition) is 3. The Kier molecular flexibility index (Phi) is 3.90. The van der Waals surface area contributed by atoms with Gasteiger partial charge in [-0.2, -0.15) is 0 Å². The number of amides is 1. The van der Waals surface area contributed by atoms with E-state index in [1.165, 1.54) is 12.8 Å². The van der Waals surface area contributed by atoms with Crippen molar-refractivity contribution in [3.63, 3.8) is 0 Å². The standard InChI is InChI=1S/C13H22N4O2/c1-13(2,3)19-12(18)17-7-6-10(9-4-5-9)11(17)8-15-16-14/h9-11H,4-8H2,1-3H3. The third-order valence-electron chi connectivity index (χ3n) is 3.79. The number of ether oxygens (including phenoxy) is 1. The van der Waals surface area contributed by atoms with Crippen LogP contribution in [0.5, 0.6) is 0 Å². The molecular weight excluding hydrogens is 244 g/mol. The molecule has 2 fully saturated rings.